The van der Waals surface area contributed by atoms with Gasteiger partial charge >= 0.3 is 12.1 Å². The highest BCUT2D eigenvalue weighted by atomic mass is 19.4. The summed E-state index contributed by atoms with van der Waals surface area (Å²) in [6.07, 6.45) is -4.79. The van der Waals surface area contributed by atoms with E-state index in [0.717, 1.165) is 0 Å². The molecule has 0 bridgehead atoms. The molecule has 0 aliphatic heterocycles. The topological polar surface area (TPSA) is 55.6 Å². The Morgan fingerprint density at radius 2 is 1.76 bits per heavy atom. The van der Waals surface area contributed by atoms with Crippen molar-refractivity contribution < 1.29 is 22.7 Å². The van der Waals surface area contributed by atoms with Gasteiger partial charge in [0.1, 0.15) is 5.54 Å². The second-order valence-corrected chi connectivity index (χ2v) is 4.33. The van der Waals surface area contributed by atoms with E-state index in [1.807, 2.05) is 0 Å². The van der Waals surface area contributed by atoms with Gasteiger partial charge in [0.05, 0.1) is 13.5 Å². The van der Waals surface area contributed by atoms with E-state index in [1.165, 1.54) is 18.9 Å². The molecule has 7 heteroatoms. The summed E-state index contributed by atoms with van der Waals surface area (Å²) in [6.45, 7) is 1.69. The van der Waals surface area contributed by atoms with E-state index in [1.54, 1.807) is 7.05 Å². The molecule has 0 fully saturated rings. The molecule has 1 unspecified atom stereocenters. The standard InChI is InChI=1S/C10H19F3N2O2/c1-9(14,8(16)17-3)4-6-15(2)7-5-10(11,12)13/h4-7,14H2,1-3H3. The maximum atomic E-state index is 11.9. The van der Waals surface area contributed by atoms with E-state index in [4.69, 9.17) is 5.73 Å². The Hall–Kier alpha value is -0.820. The second-order valence-electron chi connectivity index (χ2n) is 4.33. The summed E-state index contributed by atoms with van der Waals surface area (Å²) >= 11 is 0. The highest BCUT2D eigenvalue weighted by Crippen LogP contribution is 2.19. The molecule has 0 aromatic rings. The first-order valence-corrected chi connectivity index (χ1v) is 5.21. The van der Waals surface area contributed by atoms with E-state index >= 15 is 0 Å². The SMILES string of the molecule is COC(=O)C(C)(N)CCN(C)CCC(F)(F)F. The lowest BCUT2D eigenvalue weighted by Crippen LogP contribution is -2.48. The maximum Gasteiger partial charge on any atom is 0.390 e. The molecule has 2 N–H and O–H groups in total. The lowest BCUT2D eigenvalue weighted by molar-refractivity contribution is -0.147. The second kappa shape index (κ2) is 6.20. The molecule has 0 aromatic heterocycles. The summed E-state index contributed by atoms with van der Waals surface area (Å²) in [5.74, 6) is -0.568. The zero-order valence-electron chi connectivity index (χ0n) is 10.3. The minimum absolute atomic E-state index is 0.110. The summed E-state index contributed by atoms with van der Waals surface area (Å²) in [6, 6.07) is 0. The van der Waals surface area contributed by atoms with Crippen molar-refractivity contribution in [1.29, 1.82) is 0 Å². The van der Waals surface area contributed by atoms with Gasteiger partial charge in [-0.05, 0) is 20.4 Å². The number of esters is 1. The number of carbonyl (C=O) groups is 1. The Balaban J connectivity index is 3.99. The molecule has 0 spiro atoms. The van der Waals surface area contributed by atoms with E-state index in [-0.39, 0.29) is 13.0 Å². The van der Waals surface area contributed by atoms with Crippen LogP contribution >= 0.6 is 0 Å². The zero-order chi connectivity index (χ0) is 13.7. The van der Waals surface area contributed by atoms with Gasteiger partial charge in [0.2, 0.25) is 0 Å². The average Bonchev–Trinajstić information content (AvgIpc) is 2.21. The molecule has 17 heavy (non-hydrogen) atoms. The predicted molar refractivity (Wildman–Crippen MR) is 57.4 cm³/mol. The Bertz CT molecular complexity index is 254. The van der Waals surface area contributed by atoms with Crippen molar-refractivity contribution in [2.24, 2.45) is 5.73 Å². The van der Waals surface area contributed by atoms with Crippen LogP contribution in [0.5, 0.6) is 0 Å². The van der Waals surface area contributed by atoms with Gasteiger partial charge in [0.15, 0.2) is 0 Å². The molecule has 1 atom stereocenters. The molecule has 0 rings (SSSR count). The minimum atomic E-state index is -4.16. The van der Waals surface area contributed by atoms with Crippen LogP contribution in [0.4, 0.5) is 13.2 Å². The molecule has 0 radical (unpaired) electrons. The van der Waals surface area contributed by atoms with Crippen molar-refractivity contribution in [2.75, 3.05) is 27.2 Å². The number of hydrogen-bond acceptors (Lipinski definition) is 4. The number of ether oxygens (including phenoxy) is 1. The summed E-state index contributed by atoms with van der Waals surface area (Å²) in [5, 5.41) is 0. The van der Waals surface area contributed by atoms with Crippen molar-refractivity contribution in [1.82, 2.24) is 4.90 Å². The quantitative estimate of drug-likeness (QED) is 0.724. The number of rotatable bonds is 6. The van der Waals surface area contributed by atoms with Crippen LogP contribution in [-0.4, -0.2) is 49.8 Å². The van der Waals surface area contributed by atoms with Crippen molar-refractivity contribution in [3.63, 3.8) is 0 Å². The van der Waals surface area contributed by atoms with E-state index < -0.39 is 24.1 Å². The third-order valence-electron chi connectivity index (χ3n) is 2.44. The number of methoxy groups -OCH3 is 1. The van der Waals surface area contributed by atoms with Gasteiger partial charge in [0, 0.05) is 13.1 Å². The highest BCUT2D eigenvalue weighted by Gasteiger charge is 2.30. The van der Waals surface area contributed by atoms with Gasteiger partial charge in [-0.2, -0.15) is 13.2 Å². The van der Waals surface area contributed by atoms with Crippen LogP contribution in [0.3, 0.4) is 0 Å². The first-order valence-electron chi connectivity index (χ1n) is 5.21. The zero-order valence-corrected chi connectivity index (χ0v) is 10.3. The first-order chi connectivity index (χ1) is 7.58. The largest absolute Gasteiger partial charge is 0.468 e. The lowest BCUT2D eigenvalue weighted by atomic mass is 9.99. The van der Waals surface area contributed by atoms with Crippen LogP contribution in [-0.2, 0) is 9.53 Å². The Kier molecular flexibility index (Phi) is 5.91. The third kappa shape index (κ3) is 7.17. The fourth-order valence-electron chi connectivity index (χ4n) is 1.19. The molecular formula is C10H19F3N2O2. The van der Waals surface area contributed by atoms with Crippen molar-refractivity contribution in [3.8, 4) is 0 Å². The van der Waals surface area contributed by atoms with Gasteiger partial charge in [0.25, 0.3) is 0 Å². The lowest BCUT2D eigenvalue weighted by Gasteiger charge is -2.25. The fourth-order valence-corrected chi connectivity index (χ4v) is 1.19. The van der Waals surface area contributed by atoms with Crippen LogP contribution < -0.4 is 5.73 Å². The van der Waals surface area contributed by atoms with Gasteiger partial charge in [-0.3, -0.25) is 4.79 Å². The molecule has 0 aliphatic carbocycles. The molecule has 0 saturated heterocycles. The molecule has 102 valence electrons. The molecule has 0 saturated carbocycles. The number of nitrogens with zero attached hydrogens (tertiary/aromatic N) is 1. The molecule has 0 heterocycles. The Labute approximate surface area is 98.9 Å². The number of carbonyl (C=O) groups excluding carboxylic acids is 1. The summed E-state index contributed by atoms with van der Waals surface area (Å²) in [5.41, 5.74) is 4.51. The monoisotopic (exact) mass is 256 g/mol. The molecular weight excluding hydrogens is 237 g/mol. The van der Waals surface area contributed by atoms with Gasteiger partial charge in [-0.1, -0.05) is 0 Å². The van der Waals surface area contributed by atoms with E-state index in [0.29, 0.717) is 6.54 Å². The fraction of sp³-hybridized carbons (Fsp3) is 0.900. The highest BCUT2D eigenvalue weighted by molar-refractivity contribution is 5.79. The van der Waals surface area contributed by atoms with Gasteiger partial charge < -0.3 is 15.4 Å². The van der Waals surface area contributed by atoms with Crippen LogP contribution in [0.25, 0.3) is 0 Å². The Morgan fingerprint density at radius 1 is 1.29 bits per heavy atom. The van der Waals surface area contributed by atoms with Gasteiger partial charge in [-0.25, -0.2) is 0 Å². The van der Waals surface area contributed by atoms with Crippen molar-refractivity contribution in [2.45, 2.75) is 31.5 Å². The Morgan fingerprint density at radius 3 is 2.18 bits per heavy atom. The molecule has 0 amide bonds. The van der Waals surface area contributed by atoms with Gasteiger partial charge in [-0.15, -0.1) is 0 Å². The van der Waals surface area contributed by atoms with Crippen LogP contribution in [0.2, 0.25) is 0 Å². The summed E-state index contributed by atoms with van der Waals surface area (Å²) in [7, 11) is 2.78. The number of halogens is 3. The molecule has 0 aromatic carbocycles. The minimum Gasteiger partial charge on any atom is -0.468 e. The normalized spacial score (nSPS) is 15.8. The third-order valence-corrected chi connectivity index (χ3v) is 2.44. The summed E-state index contributed by atoms with van der Waals surface area (Å²) in [4.78, 5) is 12.7. The van der Waals surface area contributed by atoms with Crippen LogP contribution in [0.1, 0.15) is 19.8 Å². The number of nitrogens with two attached hydrogens (primary N) is 1. The summed E-state index contributed by atoms with van der Waals surface area (Å²) < 4.78 is 40.3. The van der Waals surface area contributed by atoms with E-state index in [9.17, 15) is 18.0 Å². The number of alkyl halides is 3. The predicted octanol–water partition coefficient (Wildman–Crippen LogP) is 1.15. The average molecular weight is 256 g/mol. The maximum absolute atomic E-state index is 11.9. The van der Waals surface area contributed by atoms with Crippen molar-refractivity contribution >= 4 is 5.97 Å². The first kappa shape index (κ1) is 16.2. The molecule has 4 nitrogen and oxygen atoms in total. The van der Waals surface area contributed by atoms with Crippen molar-refractivity contribution in [3.05, 3.63) is 0 Å². The van der Waals surface area contributed by atoms with Crippen LogP contribution in [0.15, 0.2) is 0 Å². The number of hydrogen-bond donors (Lipinski definition) is 1. The van der Waals surface area contributed by atoms with Crippen LogP contribution in [0, 0.1) is 0 Å². The smallest absolute Gasteiger partial charge is 0.390 e. The van der Waals surface area contributed by atoms with E-state index in [2.05, 4.69) is 4.74 Å². The molecule has 0 aliphatic rings.